The molecule has 0 radical (unpaired) electrons. The van der Waals surface area contributed by atoms with Crippen molar-refractivity contribution in [3.63, 3.8) is 0 Å². The molecule has 6 N–H and O–H groups in total. The number of hydrogen-bond acceptors (Lipinski definition) is 10. The van der Waals surface area contributed by atoms with Gasteiger partial charge in [-0.2, -0.15) is 0 Å². The van der Waals surface area contributed by atoms with Crippen LogP contribution in [-0.4, -0.2) is 69.9 Å². The highest BCUT2D eigenvalue weighted by atomic mass is 16.5. The molecule has 0 fully saturated rings. The third kappa shape index (κ3) is 9.11. The van der Waals surface area contributed by atoms with Crippen LogP contribution in [0.2, 0.25) is 0 Å². The van der Waals surface area contributed by atoms with Crippen molar-refractivity contribution in [3.8, 4) is 17.2 Å². The van der Waals surface area contributed by atoms with Gasteiger partial charge in [-0.25, -0.2) is 10.6 Å². The predicted octanol–water partition coefficient (Wildman–Crippen LogP) is 1.10. The number of nitrogens with one attached hydrogen (secondary N) is 2. The third-order valence-electron chi connectivity index (χ3n) is 5.61. The monoisotopic (exact) mass is 543 g/mol. The highest BCUT2D eigenvalue weighted by Crippen LogP contribution is 2.39. The van der Waals surface area contributed by atoms with Gasteiger partial charge in [-0.15, -0.1) is 0 Å². The van der Waals surface area contributed by atoms with Gasteiger partial charge in [0.25, 0.3) is 11.8 Å². The average molecular weight is 544 g/mol. The average Bonchev–Trinajstić information content (AvgIpc) is 2.94. The zero-order valence-corrected chi connectivity index (χ0v) is 22.7. The maximum Gasteiger partial charge on any atom is 0.328 e. The second-order valence-electron chi connectivity index (χ2n) is 8.26. The quantitative estimate of drug-likeness (QED) is 0.110. The van der Waals surface area contributed by atoms with E-state index < -0.39 is 23.8 Å². The number of carbonyl (C=O) groups excluding carboxylic acids is 3. The van der Waals surface area contributed by atoms with Gasteiger partial charge in [0.1, 0.15) is 11.7 Å². The number of nitrogens with two attached hydrogens (primary N) is 2. The Labute approximate surface area is 228 Å². The number of ether oxygens (including phenoxy) is 4. The van der Waals surface area contributed by atoms with Gasteiger partial charge in [-0.3, -0.25) is 9.59 Å². The molecule has 212 valence electrons. The summed E-state index contributed by atoms with van der Waals surface area (Å²) in [5.41, 5.74) is 6.97. The number of nitrogens with zero attached hydrogens (tertiary/aromatic N) is 1. The van der Waals surface area contributed by atoms with Crippen molar-refractivity contribution in [1.29, 1.82) is 0 Å². The van der Waals surface area contributed by atoms with Crippen LogP contribution in [0.1, 0.15) is 29.3 Å². The Kier molecular flexibility index (Phi) is 12.4. The summed E-state index contributed by atoms with van der Waals surface area (Å²) in [5.74, 6) is 5.24. The number of aryl methyl sites for hydroxylation is 1. The molecule has 0 saturated carbocycles. The molecule has 0 spiro atoms. The second-order valence-corrected chi connectivity index (χ2v) is 8.26. The Bertz CT molecular complexity index is 1140. The number of methoxy groups -OCH3 is 3. The summed E-state index contributed by atoms with van der Waals surface area (Å²) in [6.07, 6.45) is 2.11. The van der Waals surface area contributed by atoms with Crippen molar-refractivity contribution >= 4 is 17.8 Å². The van der Waals surface area contributed by atoms with E-state index in [-0.39, 0.29) is 36.7 Å². The maximum absolute atomic E-state index is 12.7. The van der Waals surface area contributed by atoms with Gasteiger partial charge in [0, 0.05) is 12.7 Å². The van der Waals surface area contributed by atoms with Gasteiger partial charge in [-0.1, -0.05) is 30.3 Å². The summed E-state index contributed by atoms with van der Waals surface area (Å²) in [5, 5.41) is 6.49. The number of esters is 1. The molecular weight excluding hydrogens is 506 g/mol. The minimum absolute atomic E-state index is 0.126. The van der Waals surface area contributed by atoms with Crippen LogP contribution in [0.25, 0.3) is 0 Å². The van der Waals surface area contributed by atoms with Crippen LogP contribution in [-0.2, 0) is 20.7 Å². The molecule has 1 atom stereocenters. The standard InChI is InChI=1S/C27H37N5O7/c1-5-39-27(35)21(13-11-18-9-7-6-8-10-18)31-26(34)20(28)17-32(29)16-15-30-25(33)19-12-14-22(36-2)24(38-4)23(19)37-3/h6-10,12,14,17,21H,5,11,13,15-16,28-29H2,1-4H3,(H,30,33)(H,31,34)/b20-17-. The van der Waals surface area contributed by atoms with Gasteiger partial charge in [0.05, 0.1) is 40.0 Å². The van der Waals surface area contributed by atoms with Crippen LogP contribution in [0.15, 0.2) is 54.4 Å². The van der Waals surface area contributed by atoms with E-state index in [1.165, 1.54) is 27.5 Å². The molecule has 2 aromatic carbocycles. The molecule has 2 rings (SSSR count). The molecule has 2 amide bonds. The fourth-order valence-electron chi connectivity index (χ4n) is 3.66. The summed E-state index contributed by atoms with van der Waals surface area (Å²) in [4.78, 5) is 37.8. The Morgan fingerprint density at radius 2 is 1.69 bits per heavy atom. The van der Waals surface area contributed by atoms with Gasteiger partial charge in [0.2, 0.25) is 5.75 Å². The van der Waals surface area contributed by atoms with E-state index in [2.05, 4.69) is 10.6 Å². The highest BCUT2D eigenvalue weighted by molar-refractivity contribution is 5.98. The van der Waals surface area contributed by atoms with Crippen LogP contribution in [0.3, 0.4) is 0 Å². The lowest BCUT2D eigenvalue weighted by Crippen LogP contribution is -2.44. The Morgan fingerprint density at radius 3 is 2.31 bits per heavy atom. The molecule has 0 aromatic heterocycles. The molecule has 12 heteroatoms. The number of hydrogen-bond donors (Lipinski definition) is 4. The first-order chi connectivity index (χ1) is 18.7. The van der Waals surface area contributed by atoms with Gasteiger partial charge in [-0.05, 0) is 37.5 Å². The molecule has 1 unspecified atom stereocenters. The summed E-state index contributed by atoms with van der Waals surface area (Å²) in [6.45, 7) is 2.12. The van der Waals surface area contributed by atoms with E-state index in [1.54, 1.807) is 19.1 Å². The van der Waals surface area contributed by atoms with Crippen molar-refractivity contribution < 1.29 is 33.3 Å². The molecule has 39 heavy (non-hydrogen) atoms. The molecule has 0 aliphatic rings. The van der Waals surface area contributed by atoms with Crippen LogP contribution in [0.4, 0.5) is 0 Å². The predicted molar refractivity (Wildman–Crippen MR) is 145 cm³/mol. The molecule has 0 saturated heterocycles. The number of hydrazine groups is 1. The minimum atomic E-state index is -0.883. The summed E-state index contributed by atoms with van der Waals surface area (Å²) in [6, 6.07) is 11.8. The number of rotatable bonds is 15. The van der Waals surface area contributed by atoms with E-state index in [1.807, 2.05) is 30.3 Å². The Hall–Kier alpha value is -4.45. The van der Waals surface area contributed by atoms with Crippen LogP contribution >= 0.6 is 0 Å². The van der Waals surface area contributed by atoms with Crippen molar-refractivity contribution in [3.05, 3.63) is 65.5 Å². The zero-order chi connectivity index (χ0) is 28.8. The van der Waals surface area contributed by atoms with Crippen molar-refractivity contribution in [2.24, 2.45) is 11.6 Å². The Morgan fingerprint density at radius 1 is 1.00 bits per heavy atom. The normalized spacial score (nSPS) is 11.7. The second kappa shape index (κ2) is 15.7. The topological polar surface area (TPSA) is 167 Å². The minimum Gasteiger partial charge on any atom is -0.493 e. The highest BCUT2D eigenvalue weighted by Gasteiger charge is 2.23. The summed E-state index contributed by atoms with van der Waals surface area (Å²) in [7, 11) is 4.34. The largest absolute Gasteiger partial charge is 0.493 e. The van der Waals surface area contributed by atoms with Crippen molar-refractivity contribution in [2.45, 2.75) is 25.8 Å². The SMILES string of the molecule is CCOC(=O)C(CCc1ccccc1)NC(=O)/C(N)=C/N(N)CCNC(=O)c1ccc(OC)c(OC)c1OC. The first kappa shape index (κ1) is 30.8. The smallest absolute Gasteiger partial charge is 0.328 e. The summed E-state index contributed by atoms with van der Waals surface area (Å²) < 4.78 is 21.0. The number of amides is 2. The van der Waals surface area contributed by atoms with Crippen LogP contribution < -0.4 is 36.4 Å². The van der Waals surface area contributed by atoms with E-state index in [4.69, 9.17) is 30.5 Å². The molecular formula is C27H37N5O7. The molecule has 0 heterocycles. The molecule has 12 nitrogen and oxygen atoms in total. The van der Waals surface area contributed by atoms with Gasteiger partial charge >= 0.3 is 5.97 Å². The van der Waals surface area contributed by atoms with Crippen molar-refractivity contribution in [1.82, 2.24) is 15.6 Å². The lowest BCUT2D eigenvalue weighted by Gasteiger charge is -2.19. The third-order valence-corrected chi connectivity index (χ3v) is 5.61. The first-order valence-corrected chi connectivity index (χ1v) is 12.3. The zero-order valence-electron chi connectivity index (χ0n) is 22.7. The molecule has 0 aliphatic carbocycles. The fourth-order valence-corrected chi connectivity index (χ4v) is 3.66. The van der Waals surface area contributed by atoms with E-state index >= 15 is 0 Å². The van der Waals surface area contributed by atoms with Crippen LogP contribution in [0, 0.1) is 0 Å². The molecule has 0 aliphatic heterocycles. The molecule has 2 aromatic rings. The van der Waals surface area contributed by atoms with Crippen LogP contribution in [0.5, 0.6) is 17.2 Å². The molecule has 0 bridgehead atoms. The number of benzene rings is 2. The summed E-state index contributed by atoms with van der Waals surface area (Å²) >= 11 is 0. The van der Waals surface area contributed by atoms with Gasteiger partial charge < -0.3 is 40.3 Å². The Balaban J connectivity index is 1.95. The van der Waals surface area contributed by atoms with E-state index in [0.29, 0.717) is 24.3 Å². The van der Waals surface area contributed by atoms with E-state index in [9.17, 15) is 14.4 Å². The van der Waals surface area contributed by atoms with Crippen molar-refractivity contribution in [2.75, 3.05) is 41.0 Å². The maximum atomic E-state index is 12.7. The lowest BCUT2D eigenvalue weighted by molar-refractivity contribution is -0.147. The van der Waals surface area contributed by atoms with E-state index in [0.717, 1.165) is 10.6 Å². The van der Waals surface area contributed by atoms with Gasteiger partial charge in [0.15, 0.2) is 11.5 Å². The first-order valence-electron chi connectivity index (χ1n) is 12.3. The number of carbonyl (C=O) groups is 3. The lowest BCUT2D eigenvalue weighted by atomic mass is 10.1. The fraction of sp³-hybridized carbons (Fsp3) is 0.370.